The first kappa shape index (κ1) is 33.2. The van der Waals surface area contributed by atoms with Gasteiger partial charge in [-0.3, -0.25) is 19.4 Å². The van der Waals surface area contributed by atoms with Crippen LogP contribution in [0.25, 0.3) is 121 Å². The fraction of sp³-hybridized carbons (Fsp3) is 0. The van der Waals surface area contributed by atoms with Crippen LogP contribution in [0.5, 0.6) is 0 Å². The van der Waals surface area contributed by atoms with Crippen LogP contribution in [0, 0.1) is 0 Å². The first-order chi connectivity index (χ1) is 30.8. The Labute approximate surface area is 352 Å². The van der Waals surface area contributed by atoms with Gasteiger partial charge in [-0.1, -0.05) is 91.0 Å². The maximum absolute atomic E-state index is 5.02. The Kier molecular flexibility index (Phi) is 6.68. The molecule has 0 aliphatic rings. The van der Waals surface area contributed by atoms with E-state index in [1.54, 1.807) is 0 Å². The minimum Gasteiger partial charge on any atom is -0.308 e. The molecular formula is C54H32N8. The van der Waals surface area contributed by atoms with Crippen molar-refractivity contribution in [1.82, 2.24) is 37.9 Å². The summed E-state index contributed by atoms with van der Waals surface area (Å²) in [5.41, 5.74) is 18.0. The third kappa shape index (κ3) is 4.44. The summed E-state index contributed by atoms with van der Waals surface area (Å²) in [6, 6.07) is 57.6. The number of hydrogen-bond acceptors (Lipinski definition) is 4. The molecule has 0 fully saturated rings. The van der Waals surface area contributed by atoms with Crippen LogP contribution in [-0.2, 0) is 0 Å². The summed E-state index contributed by atoms with van der Waals surface area (Å²) in [6.45, 7) is 0. The summed E-state index contributed by atoms with van der Waals surface area (Å²) in [5.74, 6) is 0. The van der Waals surface area contributed by atoms with E-state index in [1.165, 1.54) is 60.1 Å². The number of pyridine rings is 5. The molecule has 9 aromatic heterocycles. The molecule has 8 heteroatoms. The molecule has 0 unspecified atom stereocenters. The van der Waals surface area contributed by atoms with Gasteiger partial charge < -0.3 is 13.5 Å². The van der Waals surface area contributed by atoms with E-state index in [4.69, 9.17) is 9.97 Å². The molecule has 62 heavy (non-hydrogen) atoms. The Morgan fingerprint density at radius 2 is 1.06 bits per heavy atom. The minimum absolute atomic E-state index is 0.978. The molecule has 8 nitrogen and oxygen atoms in total. The zero-order valence-corrected chi connectivity index (χ0v) is 33.1. The van der Waals surface area contributed by atoms with Gasteiger partial charge in [0.1, 0.15) is 5.65 Å². The predicted molar refractivity (Wildman–Crippen MR) is 252 cm³/mol. The SMILES string of the molecule is c1ccc(-c2ccc(-n3c4cccc5c4c4c3cncc4n3c4ccccc4nc53)cc2)cc1.c1cncc(-n2c3ccnc4c3c3c2cccc3n2c3ccccc3cc42)c1. The highest BCUT2D eigenvalue weighted by Gasteiger charge is 2.23. The Morgan fingerprint density at radius 1 is 0.371 bits per heavy atom. The Hall–Kier alpha value is -8.62. The molecule has 0 saturated heterocycles. The van der Waals surface area contributed by atoms with Crippen molar-refractivity contribution in [3.8, 4) is 22.5 Å². The summed E-state index contributed by atoms with van der Waals surface area (Å²) in [7, 11) is 0. The molecule has 9 heterocycles. The third-order valence-electron chi connectivity index (χ3n) is 12.7. The van der Waals surface area contributed by atoms with Gasteiger partial charge in [0.2, 0.25) is 0 Å². The van der Waals surface area contributed by atoms with Crippen molar-refractivity contribution in [2.45, 2.75) is 0 Å². The summed E-state index contributed by atoms with van der Waals surface area (Å²) in [4.78, 5) is 18.9. The zero-order valence-electron chi connectivity index (χ0n) is 33.1. The predicted octanol–water partition coefficient (Wildman–Crippen LogP) is 12.8. The van der Waals surface area contributed by atoms with Crippen molar-refractivity contribution in [3.63, 3.8) is 0 Å². The lowest BCUT2D eigenvalue weighted by Gasteiger charge is -2.09. The molecule has 0 aliphatic carbocycles. The van der Waals surface area contributed by atoms with E-state index in [0.29, 0.717) is 0 Å². The first-order valence-electron chi connectivity index (χ1n) is 20.8. The van der Waals surface area contributed by atoms with E-state index in [2.05, 4.69) is 173 Å². The van der Waals surface area contributed by atoms with Crippen LogP contribution in [0.2, 0.25) is 0 Å². The van der Waals surface area contributed by atoms with E-state index < -0.39 is 0 Å². The molecule has 15 rings (SSSR count). The topological polar surface area (TPSA) is 70.2 Å². The molecule has 0 amide bonds. The van der Waals surface area contributed by atoms with Crippen molar-refractivity contribution in [2.75, 3.05) is 0 Å². The average Bonchev–Trinajstić information content (AvgIpc) is 4.11. The van der Waals surface area contributed by atoms with Crippen LogP contribution in [0.15, 0.2) is 195 Å². The highest BCUT2D eigenvalue weighted by Crippen LogP contribution is 2.43. The molecule has 0 radical (unpaired) electrons. The quantitative estimate of drug-likeness (QED) is 0.167. The monoisotopic (exact) mass is 792 g/mol. The number of nitrogens with zero attached hydrogens (tertiary/aromatic N) is 8. The number of imidazole rings is 1. The van der Waals surface area contributed by atoms with Crippen molar-refractivity contribution in [1.29, 1.82) is 0 Å². The second-order valence-corrected chi connectivity index (χ2v) is 16.0. The molecule has 288 valence electrons. The lowest BCUT2D eigenvalue weighted by Crippen LogP contribution is -1.94. The largest absolute Gasteiger partial charge is 0.308 e. The number of para-hydroxylation sites is 3. The summed E-state index contributed by atoms with van der Waals surface area (Å²) >= 11 is 0. The fourth-order valence-corrected chi connectivity index (χ4v) is 10.2. The molecule has 0 N–H and O–H groups in total. The Bertz CT molecular complexity index is 4200. The van der Waals surface area contributed by atoms with E-state index in [-0.39, 0.29) is 0 Å². The van der Waals surface area contributed by atoms with Crippen LogP contribution >= 0.6 is 0 Å². The van der Waals surface area contributed by atoms with Gasteiger partial charge in [-0.2, -0.15) is 0 Å². The second kappa shape index (κ2) is 12.5. The molecule has 0 saturated carbocycles. The Balaban J connectivity index is 0.000000123. The molecule has 6 aromatic carbocycles. The van der Waals surface area contributed by atoms with Gasteiger partial charge >= 0.3 is 0 Å². The minimum atomic E-state index is 0.978. The maximum atomic E-state index is 5.02. The van der Waals surface area contributed by atoms with E-state index in [9.17, 15) is 0 Å². The molecule has 0 atom stereocenters. The van der Waals surface area contributed by atoms with Crippen molar-refractivity contribution >= 4 is 98.6 Å². The van der Waals surface area contributed by atoms with Crippen LogP contribution in [-0.4, -0.2) is 37.9 Å². The smallest absolute Gasteiger partial charge is 0.146 e. The van der Waals surface area contributed by atoms with Crippen LogP contribution < -0.4 is 0 Å². The van der Waals surface area contributed by atoms with Gasteiger partial charge in [0, 0.05) is 50.4 Å². The highest BCUT2D eigenvalue weighted by atomic mass is 15.1. The third-order valence-corrected chi connectivity index (χ3v) is 12.7. The highest BCUT2D eigenvalue weighted by molar-refractivity contribution is 6.28. The number of fused-ring (bicyclic) bond motifs is 10. The lowest BCUT2D eigenvalue weighted by atomic mass is 10.1. The zero-order chi connectivity index (χ0) is 40.5. The van der Waals surface area contributed by atoms with Crippen molar-refractivity contribution in [2.24, 2.45) is 0 Å². The van der Waals surface area contributed by atoms with Gasteiger partial charge in [0.05, 0.1) is 85.0 Å². The maximum Gasteiger partial charge on any atom is 0.146 e. The Morgan fingerprint density at radius 3 is 1.94 bits per heavy atom. The normalized spacial score (nSPS) is 12.2. The van der Waals surface area contributed by atoms with E-state index in [0.717, 1.165) is 61.0 Å². The van der Waals surface area contributed by atoms with Gasteiger partial charge in [-0.25, -0.2) is 4.98 Å². The number of rotatable bonds is 3. The number of benzene rings is 6. The molecule has 0 aliphatic heterocycles. The molecule has 0 bridgehead atoms. The molecule has 0 spiro atoms. The van der Waals surface area contributed by atoms with Crippen LogP contribution in [0.1, 0.15) is 0 Å². The number of aromatic nitrogens is 8. The van der Waals surface area contributed by atoms with Gasteiger partial charge in [0.15, 0.2) is 0 Å². The lowest BCUT2D eigenvalue weighted by molar-refractivity contribution is 1.14. The van der Waals surface area contributed by atoms with Crippen molar-refractivity contribution in [3.05, 3.63) is 195 Å². The standard InChI is InChI=1S/C30H18N4.C24H14N4/c1-2-7-19(8-3-1)20-13-15-21(16-14-20)33-25-12-6-9-22-28(25)29-26(33)17-31-18-27(29)34-24-11-5-4-10-23(24)32-30(22)34;1-2-7-17-15(5-1)13-21-24-23-20(10-12-26-24)27(16-6-4-11-25-14-16)18-8-3-9-19(22(18)23)28(17)21/h1-18H;1-14H. The van der Waals surface area contributed by atoms with Gasteiger partial charge in [0.25, 0.3) is 0 Å². The summed E-state index contributed by atoms with van der Waals surface area (Å²) in [5, 5.41) is 7.33. The first-order valence-corrected chi connectivity index (χ1v) is 20.8. The van der Waals surface area contributed by atoms with E-state index in [1.807, 2.05) is 49.2 Å². The molecule has 15 aromatic rings. The van der Waals surface area contributed by atoms with Gasteiger partial charge in [-0.15, -0.1) is 0 Å². The van der Waals surface area contributed by atoms with Crippen molar-refractivity contribution < 1.29 is 0 Å². The van der Waals surface area contributed by atoms with Gasteiger partial charge in [-0.05, 0) is 83.9 Å². The summed E-state index contributed by atoms with van der Waals surface area (Å²) < 4.78 is 9.23. The average molecular weight is 793 g/mol. The second-order valence-electron chi connectivity index (χ2n) is 16.0. The van der Waals surface area contributed by atoms with Crippen LogP contribution in [0.4, 0.5) is 0 Å². The fourth-order valence-electron chi connectivity index (χ4n) is 10.2. The van der Waals surface area contributed by atoms with Crippen LogP contribution in [0.3, 0.4) is 0 Å². The summed E-state index contributed by atoms with van der Waals surface area (Å²) in [6.07, 6.45) is 9.59. The van der Waals surface area contributed by atoms with E-state index >= 15 is 0 Å². The number of hydrogen-bond donors (Lipinski definition) is 0. The molecular weight excluding hydrogens is 761 g/mol.